The monoisotopic (exact) mass is 272 g/mol. The Morgan fingerprint density at radius 3 is 3.00 bits per heavy atom. The van der Waals surface area contributed by atoms with Crippen LogP contribution in [0.2, 0.25) is 5.02 Å². The minimum Gasteiger partial charge on any atom is -0.480 e. The molecule has 1 aromatic rings. The molecule has 1 fully saturated rings. The van der Waals surface area contributed by atoms with Crippen molar-refractivity contribution in [2.75, 3.05) is 19.6 Å². The molecule has 2 N–H and O–H groups in total. The number of carbonyl (C=O) groups is 1. The third kappa shape index (κ3) is 3.19. The lowest BCUT2D eigenvalue weighted by Crippen LogP contribution is -2.54. The first-order valence-corrected chi connectivity index (χ1v) is 6.06. The molecule has 18 heavy (non-hydrogen) atoms. The Morgan fingerprint density at radius 1 is 1.56 bits per heavy atom. The molecule has 1 aliphatic rings. The van der Waals surface area contributed by atoms with Gasteiger partial charge >= 0.3 is 5.97 Å². The summed E-state index contributed by atoms with van der Waals surface area (Å²) in [7, 11) is 0. The first-order chi connectivity index (χ1) is 8.56. The van der Waals surface area contributed by atoms with E-state index in [1.165, 1.54) is 12.1 Å². The molecule has 4 nitrogen and oxygen atoms in total. The summed E-state index contributed by atoms with van der Waals surface area (Å²) >= 11 is 5.78. The molecule has 0 saturated carbocycles. The van der Waals surface area contributed by atoms with Gasteiger partial charge in [0.2, 0.25) is 0 Å². The fourth-order valence-electron chi connectivity index (χ4n) is 2.12. The van der Waals surface area contributed by atoms with E-state index < -0.39 is 17.8 Å². The van der Waals surface area contributed by atoms with Crippen LogP contribution in [-0.4, -0.2) is 41.7 Å². The number of benzene rings is 1. The molecule has 1 atom stereocenters. The molecule has 0 amide bonds. The Kier molecular flexibility index (Phi) is 4.16. The molecule has 6 heteroatoms. The molecular weight excluding hydrogens is 259 g/mol. The van der Waals surface area contributed by atoms with E-state index in [1.807, 2.05) is 4.90 Å². The molecule has 0 radical (unpaired) electrons. The smallest absolute Gasteiger partial charge is 0.322 e. The van der Waals surface area contributed by atoms with E-state index in [2.05, 4.69) is 5.32 Å². The first-order valence-electron chi connectivity index (χ1n) is 5.69. The molecule has 98 valence electrons. The van der Waals surface area contributed by atoms with Gasteiger partial charge in [-0.1, -0.05) is 11.6 Å². The van der Waals surface area contributed by atoms with Gasteiger partial charge in [0.25, 0.3) is 0 Å². The van der Waals surface area contributed by atoms with Crippen LogP contribution in [0.15, 0.2) is 18.2 Å². The summed E-state index contributed by atoms with van der Waals surface area (Å²) in [6, 6.07) is 3.69. The molecule has 0 bridgehead atoms. The van der Waals surface area contributed by atoms with Crippen molar-refractivity contribution in [1.29, 1.82) is 0 Å². The second kappa shape index (κ2) is 5.65. The minimum absolute atomic E-state index is 0.326. The van der Waals surface area contributed by atoms with Gasteiger partial charge in [0.15, 0.2) is 0 Å². The highest BCUT2D eigenvalue weighted by molar-refractivity contribution is 6.30. The first kappa shape index (κ1) is 13.3. The average molecular weight is 273 g/mol. The minimum atomic E-state index is -0.871. The summed E-state index contributed by atoms with van der Waals surface area (Å²) in [5.74, 6) is -1.27. The number of carboxylic acids is 1. The maximum atomic E-state index is 13.2. The molecular formula is C12H14ClFN2O2. The van der Waals surface area contributed by atoms with Gasteiger partial charge in [-0.25, -0.2) is 4.39 Å². The molecule has 2 rings (SSSR count). The molecule has 0 spiro atoms. The second-order valence-corrected chi connectivity index (χ2v) is 4.74. The Bertz CT molecular complexity index is 435. The summed E-state index contributed by atoms with van der Waals surface area (Å²) in [4.78, 5) is 12.9. The maximum Gasteiger partial charge on any atom is 0.322 e. The summed E-state index contributed by atoms with van der Waals surface area (Å²) in [6.45, 7) is 2.13. The van der Waals surface area contributed by atoms with E-state index in [9.17, 15) is 9.18 Å². The molecule has 1 heterocycles. The quantitative estimate of drug-likeness (QED) is 0.872. The zero-order valence-electron chi connectivity index (χ0n) is 9.70. The van der Waals surface area contributed by atoms with Crippen molar-refractivity contribution < 1.29 is 14.3 Å². The number of nitrogens with zero attached hydrogens (tertiary/aromatic N) is 1. The van der Waals surface area contributed by atoms with E-state index in [-0.39, 0.29) is 0 Å². The molecule has 1 unspecified atom stereocenters. The Hall–Kier alpha value is -1.17. The highest BCUT2D eigenvalue weighted by Gasteiger charge is 2.28. The van der Waals surface area contributed by atoms with Crippen molar-refractivity contribution in [2.45, 2.75) is 12.6 Å². The fraction of sp³-hybridized carbons (Fsp3) is 0.417. The van der Waals surface area contributed by atoms with Crippen molar-refractivity contribution in [3.63, 3.8) is 0 Å². The van der Waals surface area contributed by atoms with Gasteiger partial charge in [-0.05, 0) is 23.8 Å². The Labute approximate surface area is 109 Å². The van der Waals surface area contributed by atoms with Crippen LogP contribution in [0, 0.1) is 5.82 Å². The Morgan fingerprint density at radius 2 is 2.33 bits per heavy atom. The van der Waals surface area contributed by atoms with Gasteiger partial charge in [-0.2, -0.15) is 0 Å². The summed E-state index contributed by atoms with van der Waals surface area (Å²) in [5, 5.41) is 12.5. The normalized spacial score (nSPS) is 20.9. The van der Waals surface area contributed by atoms with Crippen LogP contribution >= 0.6 is 11.6 Å². The molecule has 1 saturated heterocycles. The van der Waals surface area contributed by atoms with Crippen molar-refractivity contribution in [3.8, 4) is 0 Å². The summed E-state index contributed by atoms with van der Waals surface area (Å²) in [6.07, 6.45) is 0. The predicted molar refractivity (Wildman–Crippen MR) is 66.1 cm³/mol. The van der Waals surface area contributed by atoms with Crippen molar-refractivity contribution in [1.82, 2.24) is 10.2 Å². The van der Waals surface area contributed by atoms with Crippen LogP contribution in [0.25, 0.3) is 0 Å². The lowest BCUT2D eigenvalue weighted by molar-refractivity contribution is -0.144. The number of hydrogen-bond donors (Lipinski definition) is 2. The van der Waals surface area contributed by atoms with Crippen molar-refractivity contribution in [2.24, 2.45) is 0 Å². The third-order valence-electron chi connectivity index (χ3n) is 2.95. The standard InChI is InChI=1S/C12H14ClFN2O2/c13-9-3-8(4-10(14)5-9)7-16-2-1-15-6-11(16)12(17)18/h3-5,11,15H,1-2,6-7H2,(H,17,18). The largest absolute Gasteiger partial charge is 0.480 e. The van der Waals surface area contributed by atoms with E-state index in [0.717, 1.165) is 6.54 Å². The molecule has 1 aliphatic heterocycles. The molecule has 1 aromatic carbocycles. The number of piperazine rings is 1. The topological polar surface area (TPSA) is 52.6 Å². The lowest BCUT2D eigenvalue weighted by Gasteiger charge is -2.33. The van der Waals surface area contributed by atoms with E-state index >= 15 is 0 Å². The van der Waals surface area contributed by atoms with Crippen LogP contribution in [-0.2, 0) is 11.3 Å². The van der Waals surface area contributed by atoms with E-state index in [4.69, 9.17) is 16.7 Å². The van der Waals surface area contributed by atoms with Gasteiger partial charge in [-0.3, -0.25) is 9.69 Å². The van der Waals surface area contributed by atoms with Gasteiger partial charge in [0.05, 0.1) is 0 Å². The zero-order chi connectivity index (χ0) is 13.1. The van der Waals surface area contributed by atoms with E-state index in [1.54, 1.807) is 6.07 Å². The van der Waals surface area contributed by atoms with Gasteiger partial charge in [-0.15, -0.1) is 0 Å². The summed E-state index contributed by atoms with van der Waals surface area (Å²) in [5.41, 5.74) is 0.688. The number of hydrogen-bond acceptors (Lipinski definition) is 3. The maximum absolute atomic E-state index is 13.2. The predicted octanol–water partition coefficient (Wildman–Crippen LogP) is 1.34. The highest BCUT2D eigenvalue weighted by Crippen LogP contribution is 2.17. The highest BCUT2D eigenvalue weighted by atomic mass is 35.5. The fourth-order valence-corrected chi connectivity index (χ4v) is 2.36. The molecule has 0 aliphatic carbocycles. The van der Waals surface area contributed by atoms with Crippen LogP contribution in [0.5, 0.6) is 0 Å². The van der Waals surface area contributed by atoms with Crippen molar-refractivity contribution >= 4 is 17.6 Å². The number of rotatable bonds is 3. The van der Waals surface area contributed by atoms with Crippen LogP contribution in [0.1, 0.15) is 5.56 Å². The number of nitrogens with one attached hydrogen (secondary N) is 1. The van der Waals surface area contributed by atoms with Crippen molar-refractivity contribution in [3.05, 3.63) is 34.6 Å². The number of halogens is 2. The SMILES string of the molecule is O=C(O)C1CNCCN1Cc1cc(F)cc(Cl)c1. The van der Waals surface area contributed by atoms with Gasteiger partial charge < -0.3 is 10.4 Å². The van der Waals surface area contributed by atoms with E-state index in [0.29, 0.717) is 30.2 Å². The number of carboxylic acid groups (broad SMARTS) is 1. The van der Waals surface area contributed by atoms with Gasteiger partial charge in [0, 0.05) is 31.2 Å². The van der Waals surface area contributed by atoms with Crippen LogP contribution in [0.3, 0.4) is 0 Å². The second-order valence-electron chi connectivity index (χ2n) is 4.31. The van der Waals surface area contributed by atoms with Crippen LogP contribution in [0.4, 0.5) is 4.39 Å². The number of aliphatic carboxylic acids is 1. The Balaban J connectivity index is 2.13. The van der Waals surface area contributed by atoms with Gasteiger partial charge in [0.1, 0.15) is 11.9 Å². The lowest BCUT2D eigenvalue weighted by atomic mass is 10.1. The third-order valence-corrected chi connectivity index (χ3v) is 3.17. The van der Waals surface area contributed by atoms with Crippen LogP contribution < -0.4 is 5.32 Å². The molecule has 0 aromatic heterocycles. The summed E-state index contributed by atoms with van der Waals surface area (Å²) < 4.78 is 13.2. The average Bonchev–Trinajstić information content (AvgIpc) is 2.27. The zero-order valence-corrected chi connectivity index (χ0v) is 10.5.